The summed E-state index contributed by atoms with van der Waals surface area (Å²) in [5, 5.41) is 2.99. The van der Waals surface area contributed by atoms with Gasteiger partial charge in [-0.2, -0.15) is 4.98 Å². The van der Waals surface area contributed by atoms with E-state index in [0.717, 1.165) is 55.1 Å². The van der Waals surface area contributed by atoms with Gasteiger partial charge in [0.25, 0.3) is 0 Å². The average molecular weight is 352 g/mol. The molecule has 0 bridgehead atoms. The molecule has 2 heterocycles. The number of nitrogens with one attached hydrogen (secondary N) is 1. The predicted octanol–water partition coefficient (Wildman–Crippen LogP) is 4.77. The fourth-order valence-electron chi connectivity index (χ4n) is 3.06. The first kappa shape index (κ1) is 16.4. The second-order valence-electron chi connectivity index (χ2n) is 6.25. The van der Waals surface area contributed by atoms with E-state index in [-0.39, 0.29) is 0 Å². The van der Waals surface area contributed by atoms with Gasteiger partial charge in [0.05, 0.1) is 5.69 Å². The van der Waals surface area contributed by atoms with Crippen LogP contribution in [0.4, 0.5) is 26.2 Å². The molecule has 26 heavy (non-hydrogen) atoms. The molecule has 1 aliphatic heterocycles. The summed E-state index contributed by atoms with van der Waals surface area (Å²) in [5.41, 5.74) is 2.16. The largest absolute Gasteiger partial charge is 0.356 e. The molecule has 0 amide bonds. The Bertz CT molecular complexity index is 909. The first-order valence-electron chi connectivity index (χ1n) is 8.60. The van der Waals surface area contributed by atoms with Crippen LogP contribution in [0.5, 0.6) is 0 Å². The Morgan fingerprint density at radius 1 is 0.846 bits per heavy atom. The lowest BCUT2D eigenvalue weighted by atomic mass is 10.1. The van der Waals surface area contributed by atoms with E-state index in [9.17, 15) is 8.78 Å². The number of rotatable bonds is 4. The van der Waals surface area contributed by atoms with Crippen LogP contribution in [-0.4, -0.2) is 23.1 Å². The summed E-state index contributed by atoms with van der Waals surface area (Å²) in [7, 11) is 0. The van der Waals surface area contributed by atoms with Crippen molar-refractivity contribution in [3.05, 3.63) is 66.2 Å². The zero-order valence-electron chi connectivity index (χ0n) is 14.1. The zero-order valence-corrected chi connectivity index (χ0v) is 14.1. The summed E-state index contributed by atoms with van der Waals surface area (Å²) < 4.78 is 26.6. The second kappa shape index (κ2) is 7.07. The summed E-state index contributed by atoms with van der Waals surface area (Å²) in [6.45, 7) is 1.91. The molecule has 1 fully saturated rings. The molecule has 4 rings (SSSR count). The molecule has 6 heteroatoms. The number of hydrogen-bond acceptors (Lipinski definition) is 4. The molecule has 2 aromatic carbocycles. The Balaban J connectivity index is 1.72. The van der Waals surface area contributed by atoms with Crippen LogP contribution in [0.1, 0.15) is 12.8 Å². The van der Waals surface area contributed by atoms with E-state index >= 15 is 0 Å². The molecule has 132 valence electrons. The van der Waals surface area contributed by atoms with Gasteiger partial charge in [-0.1, -0.05) is 30.3 Å². The van der Waals surface area contributed by atoms with Crippen molar-refractivity contribution < 1.29 is 8.78 Å². The highest BCUT2D eigenvalue weighted by atomic mass is 19.2. The topological polar surface area (TPSA) is 41.1 Å². The van der Waals surface area contributed by atoms with E-state index in [1.165, 1.54) is 6.07 Å². The minimum Gasteiger partial charge on any atom is -0.356 e. The summed E-state index contributed by atoms with van der Waals surface area (Å²) in [4.78, 5) is 11.3. The second-order valence-corrected chi connectivity index (χ2v) is 6.25. The number of aromatic nitrogens is 2. The van der Waals surface area contributed by atoms with Crippen molar-refractivity contribution in [2.75, 3.05) is 23.3 Å². The van der Waals surface area contributed by atoms with Crippen molar-refractivity contribution in [3.63, 3.8) is 0 Å². The van der Waals surface area contributed by atoms with Crippen LogP contribution in [0.2, 0.25) is 0 Å². The van der Waals surface area contributed by atoms with Crippen LogP contribution in [0, 0.1) is 11.6 Å². The van der Waals surface area contributed by atoms with E-state index in [2.05, 4.69) is 20.2 Å². The lowest BCUT2D eigenvalue weighted by Gasteiger charge is -2.18. The van der Waals surface area contributed by atoms with Crippen LogP contribution in [-0.2, 0) is 0 Å². The van der Waals surface area contributed by atoms with Crippen LogP contribution in [0.3, 0.4) is 0 Å². The SMILES string of the molecule is Fc1ccc(Nc2nc(-c3ccccc3)cc(N3CCCC3)n2)cc1F. The molecule has 1 aliphatic rings. The van der Waals surface area contributed by atoms with Crippen LogP contribution >= 0.6 is 0 Å². The molecule has 1 saturated heterocycles. The number of benzene rings is 2. The summed E-state index contributed by atoms with van der Waals surface area (Å²) in [6.07, 6.45) is 2.27. The predicted molar refractivity (Wildman–Crippen MR) is 98.6 cm³/mol. The van der Waals surface area contributed by atoms with E-state index in [0.29, 0.717) is 11.6 Å². The van der Waals surface area contributed by atoms with E-state index in [1.807, 2.05) is 36.4 Å². The fraction of sp³-hybridized carbons (Fsp3) is 0.200. The summed E-state index contributed by atoms with van der Waals surface area (Å²) >= 11 is 0. The molecule has 0 aliphatic carbocycles. The molecule has 1 aromatic heterocycles. The maximum Gasteiger partial charge on any atom is 0.229 e. The van der Waals surface area contributed by atoms with Crippen LogP contribution in [0.25, 0.3) is 11.3 Å². The third-order valence-corrected chi connectivity index (χ3v) is 4.39. The van der Waals surface area contributed by atoms with Gasteiger partial charge in [0.15, 0.2) is 11.6 Å². The Morgan fingerprint density at radius 3 is 2.35 bits per heavy atom. The van der Waals surface area contributed by atoms with Gasteiger partial charge in [-0.05, 0) is 25.0 Å². The number of halogens is 2. The van der Waals surface area contributed by atoms with Gasteiger partial charge in [0, 0.05) is 36.5 Å². The molecule has 3 aromatic rings. The molecule has 1 N–H and O–H groups in total. The smallest absolute Gasteiger partial charge is 0.229 e. The first-order chi connectivity index (χ1) is 12.7. The molecular formula is C20H18F2N4. The molecule has 0 spiro atoms. The van der Waals surface area contributed by atoms with Crippen molar-refractivity contribution in [1.29, 1.82) is 0 Å². The minimum absolute atomic E-state index is 0.360. The highest BCUT2D eigenvalue weighted by Gasteiger charge is 2.17. The van der Waals surface area contributed by atoms with Crippen molar-refractivity contribution in [2.24, 2.45) is 0 Å². The monoisotopic (exact) mass is 352 g/mol. The Kier molecular flexibility index (Phi) is 4.48. The first-order valence-corrected chi connectivity index (χ1v) is 8.60. The van der Waals surface area contributed by atoms with Gasteiger partial charge < -0.3 is 10.2 Å². The normalized spacial score (nSPS) is 13.8. The average Bonchev–Trinajstić information content (AvgIpc) is 3.20. The quantitative estimate of drug-likeness (QED) is 0.735. The van der Waals surface area contributed by atoms with Crippen molar-refractivity contribution >= 4 is 17.5 Å². The summed E-state index contributed by atoms with van der Waals surface area (Å²) in [6, 6.07) is 15.4. The third-order valence-electron chi connectivity index (χ3n) is 4.39. The Morgan fingerprint density at radius 2 is 1.62 bits per heavy atom. The van der Waals surface area contributed by atoms with Crippen molar-refractivity contribution in [2.45, 2.75) is 12.8 Å². The Hall–Kier alpha value is -3.02. The third kappa shape index (κ3) is 3.49. The maximum atomic E-state index is 13.5. The Labute approximate surface area is 150 Å². The van der Waals surface area contributed by atoms with Crippen LogP contribution in [0.15, 0.2) is 54.6 Å². The highest BCUT2D eigenvalue weighted by molar-refractivity contribution is 5.66. The standard InChI is InChI=1S/C20H18F2N4/c21-16-9-8-15(12-17(16)22)23-20-24-18(14-6-2-1-3-7-14)13-19(25-20)26-10-4-5-11-26/h1-3,6-9,12-13H,4-5,10-11H2,(H,23,24,25). The fourth-order valence-corrected chi connectivity index (χ4v) is 3.06. The van der Waals surface area contributed by atoms with E-state index in [4.69, 9.17) is 0 Å². The molecule has 4 nitrogen and oxygen atoms in total. The van der Waals surface area contributed by atoms with Gasteiger partial charge in [0.1, 0.15) is 5.82 Å². The number of hydrogen-bond donors (Lipinski definition) is 1. The van der Waals surface area contributed by atoms with E-state index in [1.54, 1.807) is 0 Å². The number of anilines is 3. The zero-order chi connectivity index (χ0) is 17.9. The molecule has 0 unspecified atom stereocenters. The highest BCUT2D eigenvalue weighted by Crippen LogP contribution is 2.27. The van der Waals surface area contributed by atoms with E-state index < -0.39 is 11.6 Å². The van der Waals surface area contributed by atoms with Crippen LogP contribution < -0.4 is 10.2 Å². The maximum absolute atomic E-state index is 13.5. The molecule has 0 saturated carbocycles. The van der Waals surface area contributed by atoms with Gasteiger partial charge in [-0.15, -0.1) is 0 Å². The van der Waals surface area contributed by atoms with Gasteiger partial charge in [-0.25, -0.2) is 13.8 Å². The summed E-state index contributed by atoms with van der Waals surface area (Å²) in [5.74, 6) is -0.595. The van der Waals surface area contributed by atoms with Crippen molar-refractivity contribution in [1.82, 2.24) is 9.97 Å². The lowest BCUT2D eigenvalue weighted by molar-refractivity contribution is 0.509. The molecular weight excluding hydrogens is 334 g/mol. The minimum atomic E-state index is -0.908. The molecule has 0 radical (unpaired) electrons. The lowest BCUT2D eigenvalue weighted by Crippen LogP contribution is -2.19. The van der Waals surface area contributed by atoms with Crippen molar-refractivity contribution in [3.8, 4) is 11.3 Å². The van der Waals surface area contributed by atoms with Gasteiger partial charge >= 0.3 is 0 Å². The van der Waals surface area contributed by atoms with Gasteiger partial charge in [0.2, 0.25) is 5.95 Å². The number of nitrogens with zero attached hydrogens (tertiary/aromatic N) is 3. The molecule has 0 atom stereocenters. The van der Waals surface area contributed by atoms with Gasteiger partial charge in [-0.3, -0.25) is 0 Å².